The number of nitrogens with zero attached hydrogens (tertiary/aromatic N) is 1. The first kappa shape index (κ1) is 12.2. The Kier molecular flexibility index (Phi) is 4.74. The van der Waals surface area contributed by atoms with Crippen LogP contribution in [0.15, 0.2) is 12.7 Å². The van der Waals surface area contributed by atoms with Crippen LogP contribution in [-0.2, 0) is 14.3 Å². The molecule has 15 heavy (non-hydrogen) atoms. The van der Waals surface area contributed by atoms with Gasteiger partial charge in [0.1, 0.15) is 6.23 Å². The van der Waals surface area contributed by atoms with E-state index in [9.17, 15) is 4.79 Å². The Bertz CT molecular complexity index is 227. The van der Waals surface area contributed by atoms with E-state index in [1.807, 2.05) is 11.9 Å². The Hall–Kier alpha value is -0.910. The number of nitrogens with one attached hydrogen (secondary N) is 1. The number of ether oxygens (including phenoxy) is 2. The lowest BCUT2D eigenvalue weighted by Gasteiger charge is -2.34. The number of hydrogen-bond acceptors (Lipinski definition) is 5. The number of esters is 1. The number of hydrogen-bond donors (Lipinski definition) is 1. The molecule has 2 unspecified atom stereocenters. The van der Waals surface area contributed by atoms with Gasteiger partial charge in [0.2, 0.25) is 0 Å². The molecule has 0 aromatic rings. The molecule has 0 radical (unpaired) electrons. The van der Waals surface area contributed by atoms with Crippen molar-refractivity contribution in [1.82, 2.24) is 10.2 Å². The molecule has 1 aliphatic heterocycles. The van der Waals surface area contributed by atoms with Gasteiger partial charge in [0.15, 0.2) is 6.23 Å². The van der Waals surface area contributed by atoms with Gasteiger partial charge in [-0.05, 0) is 14.0 Å². The Morgan fingerprint density at radius 1 is 1.80 bits per heavy atom. The Morgan fingerprint density at radius 3 is 3.07 bits per heavy atom. The zero-order valence-corrected chi connectivity index (χ0v) is 9.23. The van der Waals surface area contributed by atoms with E-state index in [4.69, 9.17) is 9.47 Å². The number of morpholine rings is 1. The molecule has 1 rings (SSSR count). The second-order valence-corrected chi connectivity index (χ2v) is 3.44. The zero-order chi connectivity index (χ0) is 11.3. The minimum absolute atomic E-state index is 0.0497. The molecule has 1 saturated heterocycles. The van der Waals surface area contributed by atoms with Gasteiger partial charge >= 0.3 is 5.97 Å². The molecule has 0 aliphatic carbocycles. The molecule has 0 saturated carbocycles. The third-order valence-electron chi connectivity index (χ3n) is 2.39. The highest BCUT2D eigenvalue weighted by molar-refractivity contribution is 5.81. The van der Waals surface area contributed by atoms with Crippen molar-refractivity contribution in [3.05, 3.63) is 12.7 Å². The summed E-state index contributed by atoms with van der Waals surface area (Å²) in [6.07, 6.45) is 0.788. The fourth-order valence-electron chi connectivity index (χ4n) is 1.35. The first-order valence-corrected chi connectivity index (χ1v) is 5.02. The van der Waals surface area contributed by atoms with Gasteiger partial charge in [-0.25, -0.2) is 9.69 Å². The van der Waals surface area contributed by atoms with Crippen molar-refractivity contribution in [2.45, 2.75) is 19.4 Å². The lowest BCUT2D eigenvalue weighted by Crippen LogP contribution is -2.51. The molecule has 1 heterocycles. The molecule has 1 fully saturated rings. The summed E-state index contributed by atoms with van der Waals surface area (Å²) in [5, 5.41) is 3.21. The van der Waals surface area contributed by atoms with E-state index in [1.165, 1.54) is 0 Å². The van der Waals surface area contributed by atoms with Crippen molar-refractivity contribution in [3.63, 3.8) is 0 Å². The number of likely N-dealkylation sites (N-methyl/N-ethyl adjacent to an activating group) is 1. The molecule has 86 valence electrons. The van der Waals surface area contributed by atoms with Crippen LogP contribution in [0, 0.1) is 0 Å². The van der Waals surface area contributed by atoms with Gasteiger partial charge < -0.3 is 14.8 Å². The largest absolute Gasteiger partial charge is 0.443 e. The van der Waals surface area contributed by atoms with Gasteiger partial charge in [0.25, 0.3) is 0 Å². The summed E-state index contributed by atoms with van der Waals surface area (Å²) in [5.41, 5.74) is 0. The molecular formula is C10H18N2O3. The number of rotatable bonds is 4. The van der Waals surface area contributed by atoms with E-state index < -0.39 is 5.97 Å². The second-order valence-electron chi connectivity index (χ2n) is 3.44. The molecular weight excluding hydrogens is 196 g/mol. The van der Waals surface area contributed by atoms with Gasteiger partial charge in [0.05, 0.1) is 6.61 Å². The van der Waals surface area contributed by atoms with E-state index >= 15 is 0 Å². The Balaban J connectivity index is 2.39. The Labute approximate surface area is 90.0 Å². The maximum absolute atomic E-state index is 11.0. The van der Waals surface area contributed by atoms with E-state index in [2.05, 4.69) is 11.9 Å². The topological polar surface area (TPSA) is 50.8 Å². The van der Waals surface area contributed by atoms with Crippen molar-refractivity contribution in [2.24, 2.45) is 0 Å². The smallest absolute Gasteiger partial charge is 0.331 e. The van der Waals surface area contributed by atoms with Crippen molar-refractivity contribution in [3.8, 4) is 0 Å². The lowest BCUT2D eigenvalue weighted by molar-refractivity contribution is -0.167. The molecule has 0 aromatic heterocycles. The fraction of sp³-hybridized carbons (Fsp3) is 0.700. The predicted molar refractivity (Wildman–Crippen MR) is 56.1 cm³/mol. The highest BCUT2D eigenvalue weighted by Crippen LogP contribution is 2.07. The summed E-state index contributed by atoms with van der Waals surface area (Å²) < 4.78 is 10.6. The monoisotopic (exact) mass is 214 g/mol. The molecule has 0 amide bonds. The van der Waals surface area contributed by atoms with Gasteiger partial charge in [-0.15, -0.1) is 0 Å². The molecule has 5 heteroatoms. The van der Waals surface area contributed by atoms with Gasteiger partial charge in [-0.3, -0.25) is 0 Å². The predicted octanol–water partition coefficient (Wildman–Crippen LogP) is -0.0607. The van der Waals surface area contributed by atoms with Crippen LogP contribution in [0.2, 0.25) is 0 Å². The quantitative estimate of drug-likeness (QED) is 0.403. The SMILES string of the molecule is C=CC(=O)OC(C)N(C)C1CNCCO1. The van der Waals surface area contributed by atoms with Crippen LogP contribution in [-0.4, -0.2) is 50.1 Å². The fourth-order valence-corrected chi connectivity index (χ4v) is 1.35. The summed E-state index contributed by atoms with van der Waals surface area (Å²) in [7, 11) is 1.86. The number of carbonyl (C=O) groups is 1. The minimum atomic E-state index is -0.418. The van der Waals surface area contributed by atoms with E-state index in [-0.39, 0.29) is 12.5 Å². The van der Waals surface area contributed by atoms with E-state index in [0.717, 1.165) is 19.2 Å². The average molecular weight is 214 g/mol. The first-order valence-electron chi connectivity index (χ1n) is 5.02. The molecule has 5 nitrogen and oxygen atoms in total. The molecule has 0 bridgehead atoms. The summed E-state index contributed by atoms with van der Waals surface area (Å²) in [4.78, 5) is 12.9. The average Bonchev–Trinajstić information content (AvgIpc) is 2.29. The number of carbonyl (C=O) groups excluding carboxylic acids is 1. The van der Waals surface area contributed by atoms with Gasteiger partial charge in [0, 0.05) is 19.2 Å². The third-order valence-corrected chi connectivity index (χ3v) is 2.39. The van der Waals surface area contributed by atoms with Gasteiger partial charge in [-0.1, -0.05) is 6.58 Å². The normalized spacial score (nSPS) is 23.5. The highest BCUT2D eigenvalue weighted by Gasteiger charge is 2.23. The molecule has 0 spiro atoms. The first-order chi connectivity index (χ1) is 7.15. The highest BCUT2D eigenvalue weighted by atomic mass is 16.6. The third kappa shape index (κ3) is 3.62. The van der Waals surface area contributed by atoms with Crippen LogP contribution < -0.4 is 5.32 Å². The van der Waals surface area contributed by atoms with E-state index in [1.54, 1.807) is 6.92 Å². The van der Waals surface area contributed by atoms with Crippen molar-refractivity contribution < 1.29 is 14.3 Å². The van der Waals surface area contributed by atoms with Crippen LogP contribution >= 0.6 is 0 Å². The lowest BCUT2D eigenvalue weighted by atomic mass is 10.4. The maximum atomic E-state index is 11.0. The summed E-state index contributed by atoms with van der Waals surface area (Å²) in [6, 6.07) is 0. The van der Waals surface area contributed by atoms with Gasteiger partial charge in [-0.2, -0.15) is 0 Å². The summed E-state index contributed by atoms with van der Waals surface area (Å²) in [6.45, 7) is 7.44. The van der Waals surface area contributed by atoms with Crippen LogP contribution in [0.4, 0.5) is 0 Å². The van der Waals surface area contributed by atoms with Crippen molar-refractivity contribution in [2.75, 3.05) is 26.7 Å². The summed E-state index contributed by atoms with van der Waals surface area (Å²) in [5.74, 6) is -0.418. The molecule has 0 aromatic carbocycles. The van der Waals surface area contributed by atoms with Crippen LogP contribution in [0.25, 0.3) is 0 Å². The maximum Gasteiger partial charge on any atom is 0.331 e. The van der Waals surface area contributed by atoms with Crippen molar-refractivity contribution in [1.29, 1.82) is 0 Å². The molecule has 1 N–H and O–H groups in total. The van der Waals surface area contributed by atoms with Crippen LogP contribution in [0.3, 0.4) is 0 Å². The van der Waals surface area contributed by atoms with Crippen LogP contribution in [0.5, 0.6) is 0 Å². The Morgan fingerprint density at radius 2 is 2.53 bits per heavy atom. The van der Waals surface area contributed by atoms with Crippen molar-refractivity contribution >= 4 is 5.97 Å². The minimum Gasteiger partial charge on any atom is -0.443 e. The zero-order valence-electron chi connectivity index (χ0n) is 9.23. The molecule has 1 aliphatic rings. The second kappa shape index (κ2) is 5.85. The molecule has 2 atom stereocenters. The van der Waals surface area contributed by atoms with Crippen LogP contribution in [0.1, 0.15) is 6.92 Å². The standard InChI is InChI=1S/C10H18N2O3/c1-4-10(13)15-8(2)12(3)9-7-11-5-6-14-9/h4,8-9,11H,1,5-7H2,2-3H3. The van der Waals surface area contributed by atoms with E-state index in [0.29, 0.717) is 6.61 Å². The summed E-state index contributed by atoms with van der Waals surface area (Å²) >= 11 is 0.